The van der Waals surface area contributed by atoms with Crippen LogP contribution in [0.15, 0.2) is 47.6 Å². The van der Waals surface area contributed by atoms with Gasteiger partial charge in [0.05, 0.1) is 12.8 Å². The third kappa shape index (κ3) is 5.49. The lowest BCUT2D eigenvalue weighted by atomic mass is 10.2. The zero-order valence-electron chi connectivity index (χ0n) is 14.0. The molecule has 0 saturated carbocycles. The maximum Gasteiger partial charge on any atom is 0.262 e. The third-order valence-electron chi connectivity index (χ3n) is 3.29. The van der Waals surface area contributed by atoms with Crippen LogP contribution in [-0.2, 0) is 4.79 Å². The van der Waals surface area contributed by atoms with Crippen molar-refractivity contribution in [3.8, 4) is 11.5 Å². The Morgan fingerprint density at radius 2 is 2.04 bits per heavy atom. The number of nitrogens with one attached hydrogen (secondary N) is 2. The van der Waals surface area contributed by atoms with Gasteiger partial charge < -0.3 is 15.2 Å². The normalized spacial score (nSPS) is 12.0. The van der Waals surface area contributed by atoms with E-state index in [0.29, 0.717) is 23.6 Å². The van der Waals surface area contributed by atoms with Crippen LogP contribution in [0.1, 0.15) is 19.4 Å². The minimum Gasteiger partial charge on any atom is -0.504 e. The Hall–Kier alpha value is -3.09. The van der Waals surface area contributed by atoms with Gasteiger partial charge in [-0.15, -0.1) is 0 Å². The number of anilines is 1. The Morgan fingerprint density at radius 3 is 2.68 bits per heavy atom. The number of phenolic OH excluding ortho intramolecular Hbond substituents is 1. The van der Waals surface area contributed by atoms with Crippen molar-refractivity contribution in [3.63, 3.8) is 0 Å². The summed E-state index contributed by atoms with van der Waals surface area (Å²) in [6.07, 6.45) is 1.41. The second-order valence-corrected chi connectivity index (χ2v) is 5.27. The summed E-state index contributed by atoms with van der Waals surface area (Å²) in [5.74, 6) is -0.300. The Labute approximate surface area is 145 Å². The first-order valence-corrected chi connectivity index (χ1v) is 7.80. The van der Waals surface area contributed by atoms with Gasteiger partial charge in [-0.25, -0.2) is 9.82 Å². The molecule has 6 nitrogen and oxygen atoms in total. The summed E-state index contributed by atoms with van der Waals surface area (Å²) in [5, 5.41) is 16.6. The Balaban J connectivity index is 1.89. The number of ether oxygens (including phenoxy) is 1. The topological polar surface area (TPSA) is 83.0 Å². The predicted octanol–water partition coefficient (Wildman–Crippen LogP) is 2.88. The molecule has 0 fully saturated rings. The summed E-state index contributed by atoms with van der Waals surface area (Å²) >= 11 is 0. The molecule has 2 rings (SSSR count). The number of hydrogen-bond donors (Lipinski definition) is 3. The second-order valence-electron chi connectivity index (χ2n) is 5.27. The van der Waals surface area contributed by atoms with Gasteiger partial charge in [0.1, 0.15) is 11.9 Å². The number of phenols is 1. The molecule has 0 aliphatic rings. The summed E-state index contributed by atoms with van der Waals surface area (Å²) in [4.78, 5) is 12.0. The van der Waals surface area contributed by atoms with Gasteiger partial charge in [-0.2, -0.15) is 5.10 Å². The van der Waals surface area contributed by atoms with Crippen LogP contribution in [0, 0.1) is 5.82 Å². The van der Waals surface area contributed by atoms with E-state index < -0.39 is 6.04 Å². The fourth-order valence-corrected chi connectivity index (χ4v) is 2.02. The van der Waals surface area contributed by atoms with Crippen LogP contribution in [-0.4, -0.2) is 29.9 Å². The Morgan fingerprint density at radius 1 is 1.32 bits per heavy atom. The van der Waals surface area contributed by atoms with Crippen molar-refractivity contribution in [2.24, 2.45) is 5.10 Å². The van der Waals surface area contributed by atoms with E-state index in [1.54, 1.807) is 31.2 Å². The maximum atomic E-state index is 12.9. The summed E-state index contributed by atoms with van der Waals surface area (Å²) < 4.78 is 18.1. The van der Waals surface area contributed by atoms with Crippen LogP contribution in [0.25, 0.3) is 0 Å². The minimum atomic E-state index is -0.559. The van der Waals surface area contributed by atoms with Crippen molar-refractivity contribution in [2.75, 3.05) is 11.9 Å². The molecular weight excluding hydrogens is 325 g/mol. The molecule has 7 heteroatoms. The molecule has 1 atom stereocenters. The highest BCUT2D eigenvalue weighted by Crippen LogP contribution is 2.26. The van der Waals surface area contributed by atoms with Gasteiger partial charge in [0.2, 0.25) is 0 Å². The Bertz CT molecular complexity index is 748. The molecule has 0 aliphatic carbocycles. The molecular formula is C18H20FN3O3. The minimum absolute atomic E-state index is 0.00321. The van der Waals surface area contributed by atoms with E-state index in [0.717, 1.165) is 0 Å². The number of halogens is 1. The van der Waals surface area contributed by atoms with E-state index >= 15 is 0 Å². The van der Waals surface area contributed by atoms with Crippen molar-refractivity contribution in [3.05, 3.63) is 53.8 Å². The highest BCUT2D eigenvalue weighted by Gasteiger charge is 2.11. The molecule has 2 aromatic carbocycles. The highest BCUT2D eigenvalue weighted by molar-refractivity contribution is 5.86. The summed E-state index contributed by atoms with van der Waals surface area (Å²) in [6, 6.07) is 9.97. The van der Waals surface area contributed by atoms with Gasteiger partial charge >= 0.3 is 0 Å². The fourth-order valence-electron chi connectivity index (χ4n) is 2.02. The standard InChI is InChI=1S/C18H20FN3O3/c1-3-25-17-9-4-13(10-16(17)23)11-20-22-18(24)12(2)21-15-7-5-14(19)6-8-15/h4-12,21,23H,3H2,1-2H3,(H,22,24)/b20-11-/t12-/m0/s1. The van der Waals surface area contributed by atoms with Crippen molar-refractivity contribution in [1.29, 1.82) is 0 Å². The van der Waals surface area contributed by atoms with E-state index in [4.69, 9.17) is 4.74 Å². The molecule has 0 heterocycles. The number of carbonyl (C=O) groups is 1. The molecule has 0 aliphatic heterocycles. The first-order chi connectivity index (χ1) is 12.0. The molecule has 0 unspecified atom stereocenters. The third-order valence-corrected chi connectivity index (χ3v) is 3.29. The molecule has 132 valence electrons. The zero-order valence-corrected chi connectivity index (χ0v) is 14.0. The van der Waals surface area contributed by atoms with Gasteiger partial charge in [0, 0.05) is 5.69 Å². The summed E-state index contributed by atoms with van der Waals surface area (Å²) in [5.41, 5.74) is 3.64. The second kappa shape index (κ2) is 8.68. The lowest BCUT2D eigenvalue weighted by molar-refractivity contribution is -0.121. The first-order valence-electron chi connectivity index (χ1n) is 7.80. The number of benzene rings is 2. The monoisotopic (exact) mass is 345 g/mol. The number of carbonyl (C=O) groups excluding carboxylic acids is 1. The van der Waals surface area contributed by atoms with E-state index in [1.807, 2.05) is 6.92 Å². The molecule has 0 radical (unpaired) electrons. The van der Waals surface area contributed by atoms with Crippen LogP contribution in [0.5, 0.6) is 11.5 Å². The first kappa shape index (κ1) is 18.3. The van der Waals surface area contributed by atoms with E-state index in [1.165, 1.54) is 24.4 Å². The van der Waals surface area contributed by atoms with Crippen LogP contribution >= 0.6 is 0 Å². The van der Waals surface area contributed by atoms with Gasteiger partial charge in [-0.05, 0) is 61.9 Å². The molecule has 0 spiro atoms. The molecule has 2 aromatic rings. The van der Waals surface area contributed by atoms with Crippen LogP contribution in [0.3, 0.4) is 0 Å². The van der Waals surface area contributed by atoms with Crippen LogP contribution in [0.2, 0.25) is 0 Å². The van der Waals surface area contributed by atoms with Crippen LogP contribution in [0.4, 0.5) is 10.1 Å². The van der Waals surface area contributed by atoms with Crippen molar-refractivity contribution >= 4 is 17.8 Å². The van der Waals surface area contributed by atoms with Gasteiger partial charge in [-0.1, -0.05) is 0 Å². The van der Waals surface area contributed by atoms with Crippen LogP contribution < -0.4 is 15.5 Å². The quantitative estimate of drug-likeness (QED) is 0.532. The molecule has 0 aromatic heterocycles. The van der Waals surface area contributed by atoms with Gasteiger partial charge in [-0.3, -0.25) is 4.79 Å². The molecule has 25 heavy (non-hydrogen) atoms. The zero-order chi connectivity index (χ0) is 18.2. The molecule has 1 amide bonds. The lowest BCUT2D eigenvalue weighted by Crippen LogP contribution is -2.34. The molecule has 0 saturated heterocycles. The summed E-state index contributed by atoms with van der Waals surface area (Å²) in [7, 11) is 0. The number of nitrogens with zero attached hydrogens (tertiary/aromatic N) is 1. The van der Waals surface area contributed by atoms with Crippen molar-refractivity contribution in [2.45, 2.75) is 19.9 Å². The van der Waals surface area contributed by atoms with Crippen molar-refractivity contribution in [1.82, 2.24) is 5.43 Å². The highest BCUT2D eigenvalue weighted by atomic mass is 19.1. The average Bonchev–Trinajstić information content (AvgIpc) is 2.59. The van der Waals surface area contributed by atoms with Crippen molar-refractivity contribution < 1.29 is 19.0 Å². The van der Waals surface area contributed by atoms with E-state index in [-0.39, 0.29) is 17.5 Å². The fraction of sp³-hybridized carbons (Fsp3) is 0.222. The largest absolute Gasteiger partial charge is 0.504 e. The number of hydrazone groups is 1. The van der Waals surface area contributed by atoms with Gasteiger partial charge in [0.25, 0.3) is 5.91 Å². The smallest absolute Gasteiger partial charge is 0.262 e. The lowest BCUT2D eigenvalue weighted by Gasteiger charge is -2.13. The molecule has 3 N–H and O–H groups in total. The SMILES string of the molecule is CCOc1ccc(/C=N\NC(=O)[C@H](C)Nc2ccc(F)cc2)cc1O. The Kier molecular flexibility index (Phi) is 6.33. The van der Waals surface area contributed by atoms with E-state index in [9.17, 15) is 14.3 Å². The average molecular weight is 345 g/mol. The summed E-state index contributed by atoms with van der Waals surface area (Å²) in [6.45, 7) is 3.94. The number of rotatable bonds is 7. The number of hydrogen-bond acceptors (Lipinski definition) is 5. The maximum absolute atomic E-state index is 12.9. The number of amides is 1. The predicted molar refractivity (Wildman–Crippen MR) is 94.5 cm³/mol. The molecule has 0 bridgehead atoms. The van der Waals surface area contributed by atoms with Gasteiger partial charge in [0.15, 0.2) is 11.5 Å². The van der Waals surface area contributed by atoms with E-state index in [2.05, 4.69) is 15.8 Å². The number of aromatic hydroxyl groups is 1.